The largest absolute Gasteiger partial charge is 0.497 e. The number of aromatic amines is 1. The summed E-state index contributed by atoms with van der Waals surface area (Å²) in [4.78, 5) is 15.2. The lowest BCUT2D eigenvalue weighted by molar-refractivity contribution is -0.121. The minimum Gasteiger partial charge on any atom is -0.497 e. The van der Waals surface area contributed by atoms with E-state index < -0.39 is 0 Å². The van der Waals surface area contributed by atoms with E-state index in [1.54, 1.807) is 11.7 Å². The predicted molar refractivity (Wildman–Crippen MR) is 136 cm³/mol. The van der Waals surface area contributed by atoms with Crippen LogP contribution in [-0.2, 0) is 24.4 Å². The first-order valence-corrected chi connectivity index (χ1v) is 12.2. The molecule has 2 N–H and O–H groups in total. The number of methoxy groups -OCH3 is 1. The van der Waals surface area contributed by atoms with E-state index in [1.165, 1.54) is 12.0 Å². The van der Waals surface area contributed by atoms with Crippen molar-refractivity contribution in [1.29, 1.82) is 0 Å². The molecule has 1 saturated heterocycles. The fraction of sp³-hybridized carbons (Fsp3) is 0.423. The molecular formula is C26H33N5O2S. The Morgan fingerprint density at radius 3 is 2.38 bits per heavy atom. The maximum atomic E-state index is 12.7. The molecule has 0 spiro atoms. The molecule has 34 heavy (non-hydrogen) atoms. The highest BCUT2D eigenvalue weighted by Crippen LogP contribution is 2.23. The van der Waals surface area contributed by atoms with Gasteiger partial charge >= 0.3 is 0 Å². The highest BCUT2D eigenvalue weighted by molar-refractivity contribution is 7.71. The van der Waals surface area contributed by atoms with Crippen LogP contribution in [-0.4, -0.2) is 45.8 Å². The van der Waals surface area contributed by atoms with E-state index in [0.717, 1.165) is 48.3 Å². The van der Waals surface area contributed by atoms with Crippen molar-refractivity contribution in [2.45, 2.75) is 39.9 Å². The molecule has 1 aliphatic heterocycles. The Kier molecular flexibility index (Phi) is 7.80. The summed E-state index contributed by atoms with van der Waals surface area (Å²) in [6.45, 7) is 8.55. The normalized spacial score (nSPS) is 18.6. The molecule has 8 heteroatoms. The van der Waals surface area contributed by atoms with Crippen LogP contribution in [0, 0.1) is 16.6 Å². The summed E-state index contributed by atoms with van der Waals surface area (Å²) >= 11 is 5.35. The van der Waals surface area contributed by atoms with Crippen LogP contribution in [0.25, 0.3) is 11.4 Å². The maximum Gasteiger partial charge on any atom is 0.240 e. The number of likely N-dealkylation sites (tertiary alicyclic amines) is 1. The molecule has 2 heterocycles. The first-order valence-electron chi connectivity index (χ1n) is 11.8. The number of carbonyl (C=O) groups is 1. The summed E-state index contributed by atoms with van der Waals surface area (Å²) in [5, 5.41) is 10.1. The summed E-state index contributed by atoms with van der Waals surface area (Å²) in [6.07, 6.45) is 1.32. The number of nitrogens with one attached hydrogen (secondary N) is 2. The van der Waals surface area contributed by atoms with E-state index in [0.29, 0.717) is 17.1 Å². The molecule has 0 aliphatic carbocycles. The minimum atomic E-state index is -0.118. The molecule has 1 aliphatic rings. The van der Waals surface area contributed by atoms with Gasteiger partial charge in [0.1, 0.15) is 12.3 Å². The molecule has 1 amide bonds. The van der Waals surface area contributed by atoms with Crippen molar-refractivity contribution >= 4 is 18.1 Å². The standard InChI is InChI=1S/C26H33N5O2S/c1-18-12-19(2)15-30(14-18)16-21-6-4-20(5-7-21)13-27-24(32)17-31-25(28-29-26(31)34)22-8-10-23(33-3)11-9-22/h4-11,18-19H,12-17H2,1-3H3,(H,27,32)(H,29,34). The summed E-state index contributed by atoms with van der Waals surface area (Å²) < 4.78 is 7.32. The molecule has 2 aromatic carbocycles. The Hall–Kier alpha value is -2.97. The number of ether oxygens (including phenoxy) is 1. The van der Waals surface area contributed by atoms with Gasteiger partial charge in [0.25, 0.3) is 0 Å². The maximum absolute atomic E-state index is 12.7. The third kappa shape index (κ3) is 6.12. The molecule has 1 aromatic heterocycles. The van der Waals surface area contributed by atoms with Crippen LogP contribution < -0.4 is 10.1 Å². The third-order valence-electron chi connectivity index (χ3n) is 6.27. The first-order chi connectivity index (χ1) is 16.4. The number of amides is 1. The minimum absolute atomic E-state index is 0.0973. The van der Waals surface area contributed by atoms with Crippen LogP contribution in [0.4, 0.5) is 0 Å². The number of H-pyrrole nitrogens is 1. The number of rotatable bonds is 8. The van der Waals surface area contributed by atoms with Crippen molar-refractivity contribution in [2.24, 2.45) is 11.8 Å². The second kappa shape index (κ2) is 11.0. The molecule has 2 unspecified atom stereocenters. The fourth-order valence-corrected chi connectivity index (χ4v) is 4.96. The third-order valence-corrected chi connectivity index (χ3v) is 6.58. The highest BCUT2D eigenvalue weighted by Gasteiger charge is 2.21. The van der Waals surface area contributed by atoms with Gasteiger partial charge in [-0.15, -0.1) is 0 Å². The molecule has 1 fully saturated rings. The SMILES string of the molecule is COc1ccc(-c2n[nH]c(=S)n2CC(=O)NCc2ccc(CN3CC(C)CC(C)C3)cc2)cc1. The lowest BCUT2D eigenvalue weighted by atomic mass is 9.91. The zero-order chi connectivity index (χ0) is 24.1. The van der Waals surface area contributed by atoms with Crippen LogP contribution in [0.1, 0.15) is 31.4 Å². The Morgan fingerprint density at radius 1 is 1.09 bits per heavy atom. The van der Waals surface area contributed by atoms with E-state index in [1.807, 2.05) is 24.3 Å². The quantitative estimate of drug-likeness (QED) is 0.468. The van der Waals surface area contributed by atoms with Gasteiger partial charge in [-0.05, 0) is 65.9 Å². The average molecular weight is 480 g/mol. The molecule has 4 rings (SSSR count). The number of nitrogens with zero attached hydrogens (tertiary/aromatic N) is 3. The summed E-state index contributed by atoms with van der Waals surface area (Å²) in [6, 6.07) is 16.0. The van der Waals surface area contributed by atoms with Crippen molar-refractivity contribution < 1.29 is 9.53 Å². The van der Waals surface area contributed by atoms with Crippen molar-refractivity contribution in [3.05, 3.63) is 64.4 Å². The van der Waals surface area contributed by atoms with Gasteiger partial charge in [0.2, 0.25) is 5.91 Å². The summed E-state index contributed by atoms with van der Waals surface area (Å²) in [5.41, 5.74) is 3.24. The van der Waals surface area contributed by atoms with Gasteiger partial charge in [-0.3, -0.25) is 19.4 Å². The second-order valence-corrected chi connectivity index (χ2v) is 9.79. The Morgan fingerprint density at radius 2 is 1.74 bits per heavy atom. The van der Waals surface area contributed by atoms with Gasteiger partial charge < -0.3 is 10.1 Å². The molecule has 180 valence electrons. The van der Waals surface area contributed by atoms with Gasteiger partial charge in [-0.25, -0.2) is 0 Å². The summed E-state index contributed by atoms with van der Waals surface area (Å²) in [7, 11) is 1.62. The van der Waals surface area contributed by atoms with Crippen LogP contribution in [0.3, 0.4) is 0 Å². The topological polar surface area (TPSA) is 75.2 Å². The number of aromatic nitrogens is 3. The first kappa shape index (κ1) is 24.2. The van der Waals surface area contributed by atoms with Gasteiger partial charge in [0.15, 0.2) is 10.6 Å². The Bertz CT molecular complexity index is 1140. The average Bonchev–Trinajstić information content (AvgIpc) is 3.18. The molecule has 7 nitrogen and oxygen atoms in total. The smallest absolute Gasteiger partial charge is 0.240 e. The lowest BCUT2D eigenvalue weighted by Gasteiger charge is -2.35. The summed E-state index contributed by atoms with van der Waals surface area (Å²) in [5.74, 6) is 2.77. The van der Waals surface area contributed by atoms with Crippen molar-refractivity contribution in [3.8, 4) is 17.1 Å². The van der Waals surface area contributed by atoms with E-state index >= 15 is 0 Å². The van der Waals surface area contributed by atoms with Crippen LogP contribution in [0.2, 0.25) is 0 Å². The van der Waals surface area contributed by atoms with Gasteiger partial charge in [-0.1, -0.05) is 38.1 Å². The highest BCUT2D eigenvalue weighted by atomic mass is 32.1. The number of carbonyl (C=O) groups excluding carboxylic acids is 1. The number of hydrogen-bond donors (Lipinski definition) is 2. The Labute approximate surface area is 206 Å². The molecular weight excluding hydrogens is 446 g/mol. The molecule has 0 saturated carbocycles. The number of benzene rings is 2. The van der Waals surface area contributed by atoms with Crippen LogP contribution >= 0.6 is 12.2 Å². The molecule has 2 atom stereocenters. The molecule has 0 bridgehead atoms. The van der Waals surface area contributed by atoms with Crippen molar-refractivity contribution in [1.82, 2.24) is 25.0 Å². The van der Waals surface area contributed by atoms with E-state index in [9.17, 15) is 4.79 Å². The predicted octanol–water partition coefficient (Wildman–Crippen LogP) is 4.41. The number of hydrogen-bond acceptors (Lipinski definition) is 5. The molecule has 3 aromatic rings. The van der Waals surface area contributed by atoms with E-state index in [2.05, 4.69) is 58.5 Å². The van der Waals surface area contributed by atoms with Gasteiger partial charge in [0.05, 0.1) is 7.11 Å². The van der Waals surface area contributed by atoms with Gasteiger partial charge in [-0.2, -0.15) is 5.10 Å². The number of piperidine rings is 1. The van der Waals surface area contributed by atoms with Crippen LogP contribution in [0.15, 0.2) is 48.5 Å². The van der Waals surface area contributed by atoms with E-state index in [-0.39, 0.29) is 12.5 Å². The fourth-order valence-electron chi connectivity index (χ4n) is 4.77. The van der Waals surface area contributed by atoms with Crippen LogP contribution in [0.5, 0.6) is 5.75 Å². The lowest BCUT2D eigenvalue weighted by Crippen LogP contribution is -2.38. The van der Waals surface area contributed by atoms with Crippen molar-refractivity contribution in [3.63, 3.8) is 0 Å². The zero-order valence-electron chi connectivity index (χ0n) is 20.1. The van der Waals surface area contributed by atoms with Gasteiger partial charge in [0, 0.05) is 31.7 Å². The van der Waals surface area contributed by atoms with Crippen molar-refractivity contribution in [2.75, 3.05) is 20.2 Å². The zero-order valence-corrected chi connectivity index (χ0v) is 20.9. The monoisotopic (exact) mass is 479 g/mol. The van der Waals surface area contributed by atoms with E-state index in [4.69, 9.17) is 17.0 Å². The molecule has 0 radical (unpaired) electrons. The Balaban J connectivity index is 1.32. The second-order valence-electron chi connectivity index (χ2n) is 9.40.